The van der Waals surface area contributed by atoms with E-state index >= 15 is 0 Å². The lowest BCUT2D eigenvalue weighted by atomic mass is 9.40. The topological polar surface area (TPSA) is 17.1 Å². The number of carbonyl (C=O) groups excluding carboxylic acids is 1. The van der Waals surface area contributed by atoms with Crippen molar-refractivity contribution in [3.63, 3.8) is 0 Å². The molecule has 0 aromatic carbocycles. The third-order valence-electron chi connectivity index (χ3n) is 6.09. The minimum atomic E-state index is 0.257. The maximum atomic E-state index is 12.1. The summed E-state index contributed by atoms with van der Waals surface area (Å²) in [4.78, 5) is 12.1. The highest BCUT2D eigenvalue weighted by Crippen LogP contribution is 2.73. The molecule has 3 fully saturated rings. The fourth-order valence-electron chi connectivity index (χ4n) is 5.09. The van der Waals surface area contributed by atoms with Crippen LogP contribution in [0, 0.1) is 28.6 Å². The first-order chi connectivity index (χ1) is 6.98. The molecule has 15 heavy (non-hydrogen) atoms. The molecule has 0 heterocycles. The van der Waals surface area contributed by atoms with Gasteiger partial charge in [0, 0.05) is 12.3 Å². The second kappa shape index (κ2) is 2.67. The Balaban J connectivity index is 1.99. The molecule has 3 aliphatic carbocycles. The molecule has 0 saturated heterocycles. The van der Waals surface area contributed by atoms with E-state index in [0.29, 0.717) is 17.1 Å². The Morgan fingerprint density at radius 3 is 2.53 bits per heavy atom. The predicted octanol–water partition coefficient (Wildman–Crippen LogP) is 3.43. The van der Waals surface area contributed by atoms with Crippen molar-refractivity contribution in [2.24, 2.45) is 28.6 Å². The molecule has 3 rings (SSSR count). The van der Waals surface area contributed by atoms with Gasteiger partial charge in [-0.2, -0.15) is 0 Å². The SMILES string of the molecule is CC1(C)CC(=O)C2C3CCCCC3C21C. The molecule has 0 spiro atoms. The number of Topliss-reactive ketones (excluding diaryl/α,β-unsaturated/α-hetero) is 1. The molecule has 0 N–H and O–H groups in total. The summed E-state index contributed by atoms with van der Waals surface area (Å²) in [6, 6.07) is 0. The lowest BCUT2D eigenvalue weighted by Gasteiger charge is -2.63. The zero-order valence-electron chi connectivity index (χ0n) is 10.2. The van der Waals surface area contributed by atoms with Gasteiger partial charge in [-0.05, 0) is 35.5 Å². The molecule has 0 radical (unpaired) electrons. The molecule has 1 heteroatoms. The van der Waals surface area contributed by atoms with Crippen molar-refractivity contribution in [3.8, 4) is 0 Å². The zero-order chi connectivity index (χ0) is 10.8. The van der Waals surface area contributed by atoms with Gasteiger partial charge in [-0.3, -0.25) is 4.79 Å². The third-order valence-corrected chi connectivity index (χ3v) is 6.09. The number of hydrogen-bond acceptors (Lipinski definition) is 1. The van der Waals surface area contributed by atoms with Gasteiger partial charge < -0.3 is 0 Å². The van der Waals surface area contributed by atoms with E-state index < -0.39 is 0 Å². The van der Waals surface area contributed by atoms with Crippen LogP contribution in [0.1, 0.15) is 52.9 Å². The molecule has 0 aliphatic heterocycles. The predicted molar refractivity (Wildman–Crippen MR) is 60.5 cm³/mol. The maximum Gasteiger partial charge on any atom is 0.137 e. The summed E-state index contributed by atoms with van der Waals surface area (Å²) in [7, 11) is 0. The summed E-state index contributed by atoms with van der Waals surface area (Å²) in [5.74, 6) is 2.62. The van der Waals surface area contributed by atoms with Gasteiger partial charge in [0.25, 0.3) is 0 Å². The van der Waals surface area contributed by atoms with Crippen LogP contribution in [0.15, 0.2) is 0 Å². The van der Waals surface area contributed by atoms with Crippen molar-refractivity contribution in [2.45, 2.75) is 52.9 Å². The minimum absolute atomic E-state index is 0.257. The molecular weight excluding hydrogens is 184 g/mol. The smallest absolute Gasteiger partial charge is 0.137 e. The molecule has 4 atom stereocenters. The van der Waals surface area contributed by atoms with Crippen LogP contribution in [0.4, 0.5) is 0 Å². The Morgan fingerprint density at radius 1 is 1.13 bits per heavy atom. The normalized spacial score (nSPS) is 51.9. The Labute approximate surface area is 92.6 Å². The molecule has 4 unspecified atom stereocenters. The van der Waals surface area contributed by atoms with Gasteiger partial charge in [0.2, 0.25) is 0 Å². The number of ketones is 1. The Hall–Kier alpha value is -0.330. The standard InChI is InChI=1S/C14H22O/c1-13(2)8-11(15)12-9-6-4-5-7-10(9)14(12,13)3/h9-10,12H,4-8H2,1-3H3. The van der Waals surface area contributed by atoms with Gasteiger partial charge in [0.15, 0.2) is 0 Å². The van der Waals surface area contributed by atoms with Gasteiger partial charge in [-0.15, -0.1) is 0 Å². The Kier molecular flexibility index (Phi) is 1.76. The van der Waals surface area contributed by atoms with Gasteiger partial charge in [0.05, 0.1) is 0 Å². The summed E-state index contributed by atoms with van der Waals surface area (Å²) >= 11 is 0. The van der Waals surface area contributed by atoms with Crippen molar-refractivity contribution in [1.82, 2.24) is 0 Å². The summed E-state index contributed by atoms with van der Waals surface area (Å²) < 4.78 is 0. The van der Waals surface area contributed by atoms with Gasteiger partial charge in [-0.25, -0.2) is 0 Å². The van der Waals surface area contributed by atoms with Crippen LogP contribution in [0.2, 0.25) is 0 Å². The van der Waals surface area contributed by atoms with Crippen LogP contribution >= 0.6 is 0 Å². The molecule has 1 nitrogen and oxygen atoms in total. The lowest BCUT2D eigenvalue weighted by molar-refractivity contribution is -0.169. The van der Waals surface area contributed by atoms with Crippen LogP contribution in [0.5, 0.6) is 0 Å². The van der Waals surface area contributed by atoms with Crippen LogP contribution in [0.25, 0.3) is 0 Å². The van der Waals surface area contributed by atoms with Crippen molar-refractivity contribution in [1.29, 1.82) is 0 Å². The molecule has 0 amide bonds. The van der Waals surface area contributed by atoms with E-state index in [1.165, 1.54) is 25.7 Å². The van der Waals surface area contributed by atoms with E-state index in [1.807, 2.05) is 0 Å². The summed E-state index contributed by atoms with van der Waals surface area (Å²) in [6.45, 7) is 7.03. The van der Waals surface area contributed by atoms with Crippen LogP contribution in [0.3, 0.4) is 0 Å². The first-order valence-corrected chi connectivity index (χ1v) is 6.51. The third kappa shape index (κ3) is 0.933. The maximum absolute atomic E-state index is 12.1. The lowest BCUT2D eigenvalue weighted by Crippen LogP contribution is -2.59. The summed E-state index contributed by atoms with van der Waals surface area (Å²) in [6.07, 6.45) is 6.30. The largest absolute Gasteiger partial charge is 0.299 e. The van der Waals surface area contributed by atoms with E-state index in [9.17, 15) is 4.79 Å². The van der Waals surface area contributed by atoms with Gasteiger partial charge >= 0.3 is 0 Å². The van der Waals surface area contributed by atoms with Crippen LogP contribution in [-0.2, 0) is 4.79 Å². The van der Waals surface area contributed by atoms with Crippen molar-refractivity contribution < 1.29 is 4.79 Å². The summed E-state index contributed by atoms with van der Waals surface area (Å²) in [5, 5.41) is 0. The molecule has 0 bridgehead atoms. The molecular formula is C14H22O. The van der Waals surface area contributed by atoms with Crippen LogP contribution in [-0.4, -0.2) is 5.78 Å². The molecule has 84 valence electrons. The number of hydrogen-bond donors (Lipinski definition) is 0. The number of rotatable bonds is 0. The second-order valence-corrected chi connectivity index (χ2v) is 6.84. The van der Waals surface area contributed by atoms with Crippen molar-refractivity contribution in [3.05, 3.63) is 0 Å². The fourth-order valence-corrected chi connectivity index (χ4v) is 5.09. The fraction of sp³-hybridized carbons (Fsp3) is 0.929. The van der Waals surface area contributed by atoms with Crippen molar-refractivity contribution in [2.75, 3.05) is 0 Å². The van der Waals surface area contributed by atoms with Crippen molar-refractivity contribution >= 4 is 5.78 Å². The highest BCUT2D eigenvalue weighted by Gasteiger charge is 2.70. The monoisotopic (exact) mass is 206 g/mol. The van der Waals surface area contributed by atoms with Gasteiger partial charge in [-0.1, -0.05) is 33.6 Å². The zero-order valence-corrected chi connectivity index (χ0v) is 10.2. The number of fused-ring (bicyclic) bond motifs is 4. The summed E-state index contributed by atoms with van der Waals surface area (Å²) in [5.41, 5.74) is 0.600. The average molecular weight is 206 g/mol. The molecule has 3 saturated carbocycles. The first-order valence-electron chi connectivity index (χ1n) is 6.51. The second-order valence-electron chi connectivity index (χ2n) is 6.84. The van der Waals surface area contributed by atoms with E-state index in [2.05, 4.69) is 20.8 Å². The van der Waals surface area contributed by atoms with E-state index in [4.69, 9.17) is 0 Å². The molecule has 0 aromatic rings. The first kappa shape index (κ1) is 9.86. The minimum Gasteiger partial charge on any atom is -0.299 e. The van der Waals surface area contributed by atoms with E-state index in [-0.39, 0.29) is 5.41 Å². The van der Waals surface area contributed by atoms with E-state index in [1.54, 1.807) is 0 Å². The van der Waals surface area contributed by atoms with E-state index in [0.717, 1.165) is 18.3 Å². The Morgan fingerprint density at radius 2 is 1.80 bits per heavy atom. The Bertz CT molecular complexity index is 317. The average Bonchev–Trinajstić information content (AvgIpc) is 2.29. The van der Waals surface area contributed by atoms with Gasteiger partial charge in [0.1, 0.15) is 5.78 Å². The molecule has 3 aliphatic rings. The highest BCUT2D eigenvalue weighted by atomic mass is 16.1. The van der Waals surface area contributed by atoms with Crippen LogP contribution < -0.4 is 0 Å². The quantitative estimate of drug-likeness (QED) is 0.593. The number of carbonyl (C=O) groups is 1. The molecule has 0 aromatic heterocycles. The highest BCUT2D eigenvalue weighted by molar-refractivity contribution is 5.87.